The molecular formula is C18H38N4O2. The summed E-state index contributed by atoms with van der Waals surface area (Å²) >= 11 is 0. The second-order valence-corrected chi connectivity index (χ2v) is 6.70. The molecule has 142 valence electrons. The Morgan fingerprint density at radius 1 is 1.25 bits per heavy atom. The molecular weight excluding hydrogens is 304 g/mol. The molecule has 0 aliphatic carbocycles. The van der Waals surface area contributed by atoms with Crippen molar-refractivity contribution in [1.82, 2.24) is 15.5 Å². The van der Waals surface area contributed by atoms with E-state index >= 15 is 0 Å². The predicted molar refractivity (Wildman–Crippen MR) is 101 cm³/mol. The lowest BCUT2D eigenvalue weighted by Crippen LogP contribution is -2.42. The van der Waals surface area contributed by atoms with Crippen molar-refractivity contribution in [2.75, 3.05) is 59.7 Å². The molecule has 0 saturated carbocycles. The molecule has 1 aliphatic heterocycles. The van der Waals surface area contributed by atoms with Crippen LogP contribution in [0.15, 0.2) is 4.99 Å². The fourth-order valence-corrected chi connectivity index (χ4v) is 2.90. The monoisotopic (exact) mass is 342 g/mol. The van der Waals surface area contributed by atoms with E-state index < -0.39 is 0 Å². The number of piperidine rings is 1. The topological polar surface area (TPSA) is 58.1 Å². The van der Waals surface area contributed by atoms with Gasteiger partial charge in [-0.05, 0) is 52.5 Å². The third kappa shape index (κ3) is 9.45. The summed E-state index contributed by atoms with van der Waals surface area (Å²) in [5.74, 6) is 1.60. The van der Waals surface area contributed by atoms with Crippen LogP contribution < -0.4 is 10.6 Å². The van der Waals surface area contributed by atoms with Gasteiger partial charge in [-0.3, -0.25) is 4.99 Å². The fourth-order valence-electron chi connectivity index (χ4n) is 2.90. The van der Waals surface area contributed by atoms with Gasteiger partial charge in [0.15, 0.2) is 5.96 Å². The normalized spacial score (nSPS) is 19.7. The summed E-state index contributed by atoms with van der Waals surface area (Å²) in [7, 11) is 1.69. The van der Waals surface area contributed by atoms with E-state index in [1.807, 2.05) is 0 Å². The molecule has 2 N–H and O–H groups in total. The maximum Gasteiger partial charge on any atom is 0.191 e. The zero-order chi connectivity index (χ0) is 17.6. The van der Waals surface area contributed by atoms with Crippen molar-refractivity contribution in [1.29, 1.82) is 0 Å². The number of guanidine groups is 1. The summed E-state index contributed by atoms with van der Waals surface area (Å²) in [6, 6.07) is 0.640. The van der Waals surface area contributed by atoms with Crippen LogP contribution in [0.3, 0.4) is 0 Å². The summed E-state index contributed by atoms with van der Waals surface area (Å²) < 4.78 is 10.4. The number of hydrogen-bond donors (Lipinski definition) is 2. The van der Waals surface area contributed by atoms with Crippen molar-refractivity contribution in [3.63, 3.8) is 0 Å². The van der Waals surface area contributed by atoms with E-state index in [2.05, 4.69) is 36.3 Å². The van der Waals surface area contributed by atoms with Crippen molar-refractivity contribution in [2.45, 2.75) is 46.1 Å². The summed E-state index contributed by atoms with van der Waals surface area (Å²) in [5, 5.41) is 6.73. The van der Waals surface area contributed by atoms with Gasteiger partial charge < -0.3 is 25.0 Å². The Labute approximate surface area is 148 Å². The predicted octanol–water partition coefficient (Wildman–Crippen LogP) is 1.72. The number of nitrogens with zero attached hydrogens (tertiary/aromatic N) is 2. The molecule has 6 nitrogen and oxygen atoms in total. The molecule has 24 heavy (non-hydrogen) atoms. The van der Waals surface area contributed by atoms with E-state index in [9.17, 15) is 0 Å². The number of methoxy groups -OCH3 is 1. The van der Waals surface area contributed by atoms with Crippen molar-refractivity contribution >= 4 is 5.96 Å². The van der Waals surface area contributed by atoms with Crippen LogP contribution in [0.25, 0.3) is 0 Å². The number of hydrogen-bond acceptors (Lipinski definition) is 4. The molecule has 0 amide bonds. The van der Waals surface area contributed by atoms with Gasteiger partial charge in [-0.2, -0.15) is 0 Å². The Bertz CT molecular complexity index is 337. The first kappa shape index (κ1) is 21.2. The molecule has 0 bridgehead atoms. The van der Waals surface area contributed by atoms with E-state index in [1.54, 1.807) is 7.11 Å². The molecule has 0 aromatic carbocycles. The van der Waals surface area contributed by atoms with E-state index in [-0.39, 0.29) is 0 Å². The van der Waals surface area contributed by atoms with Crippen LogP contribution in [0.1, 0.15) is 40.0 Å². The molecule has 1 rings (SSSR count). The van der Waals surface area contributed by atoms with Crippen molar-refractivity contribution < 1.29 is 9.47 Å². The minimum absolute atomic E-state index is 0.640. The molecule has 1 heterocycles. The van der Waals surface area contributed by atoms with Gasteiger partial charge in [-0.25, -0.2) is 0 Å². The van der Waals surface area contributed by atoms with Gasteiger partial charge in [0.1, 0.15) is 0 Å². The molecule has 1 unspecified atom stereocenters. The van der Waals surface area contributed by atoms with Gasteiger partial charge in [-0.1, -0.05) is 0 Å². The van der Waals surface area contributed by atoms with Crippen LogP contribution in [-0.4, -0.2) is 76.6 Å². The van der Waals surface area contributed by atoms with Gasteiger partial charge in [0.05, 0.1) is 13.2 Å². The Morgan fingerprint density at radius 2 is 2.08 bits per heavy atom. The van der Waals surface area contributed by atoms with E-state index in [0.29, 0.717) is 25.2 Å². The Kier molecular flexibility index (Phi) is 11.9. The average molecular weight is 343 g/mol. The molecule has 0 aromatic heterocycles. The highest BCUT2D eigenvalue weighted by atomic mass is 16.5. The summed E-state index contributed by atoms with van der Waals surface area (Å²) in [6.07, 6.45) is 3.55. The number of ether oxygens (including phenoxy) is 2. The average Bonchev–Trinajstić information content (AvgIpc) is 2.59. The lowest BCUT2D eigenvalue weighted by molar-refractivity contribution is 0.0698. The third-order valence-electron chi connectivity index (χ3n) is 4.32. The zero-order valence-corrected chi connectivity index (χ0v) is 16.1. The van der Waals surface area contributed by atoms with Gasteiger partial charge >= 0.3 is 0 Å². The number of nitrogens with one attached hydrogen (secondary N) is 2. The van der Waals surface area contributed by atoms with Gasteiger partial charge in [0, 0.05) is 45.9 Å². The maximum absolute atomic E-state index is 5.47. The Balaban J connectivity index is 2.26. The van der Waals surface area contributed by atoms with Crippen molar-refractivity contribution in [3.05, 3.63) is 0 Å². The minimum atomic E-state index is 0.640. The highest BCUT2D eigenvalue weighted by molar-refractivity contribution is 5.79. The van der Waals surface area contributed by atoms with E-state index in [0.717, 1.165) is 38.6 Å². The second kappa shape index (κ2) is 13.4. The molecule has 1 saturated heterocycles. The van der Waals surface area contributed by atoms with E-state index in [4.69, 9.17) is 14.5 Å². The molecule has 1 aliphatic rings. The molecule has 0 radical (unpaired) electrons. The number of likely N-dealkylation sites (tertiary alicyclic amines) is 1. The van der Waals surface area contributed by atoms with Crippen molar-refractivity contribution in [2.24, 2.45) is 10.9 Å². The van der Waals surface area contributed by atoms with Gasteiger partial charge in [-0.15, -0.1) is 0 Å². The van der Waals surface area contributed by atoms with Gasteiger partial charge in [0.2, 0.25) is 0 Å². The summed E-state index contributed by atoms with van der Waals surface area (Å²) in [6.45, 7) is 13.8. The lowest BCUT2D eigenvalue weighted by Gasteiger charge is -2.34. The molecule has 0 aromatic rings. The molecule has 1 fully saturated rings. The van der Waals surface area contributed by atoms with Crippen LogP contribution in [0.2, 0.25) is 0 Å². The van der Waals surface area contributed by atoms with Crippen LogP contribution in [0, 0.1) is 5.92 Å². The standard InChI is InChI=1S/C18H38N4O2/c1-5-19-18(20-9-7-11-24-13-12-23-4)21-14-17-8-6-10-22(15-17)16(2)3/h16-17H,5-15H2,1-4H3,(H2,19,20,21). The third-order valence-corrected chi connectivity index (χ3v) is 4.32. The SMILES string of the molecule is CCNC(=NCC1CCCN(C(C)C)C1)NCCCOCCOC. The number of rotatable bonds is 11. The van der Waals surface area contributed by atoms with Gasteiger partial charge in [0.25, 0.3) is 0 Å². The minimum Gasteiger partial charge on any atom is -0.382 e. The number of aliphatic imine (C=N–C) groups is 1. The second-order valence-electron chi connectivity index (χ2n) is 6.70. The molecule has 6 heteroatoms. The smallest absolute Gasteiger partial charge is 0.191 e. The quantitative estimate of drug-likeness (QED) is 0.340. The first-order chi connectivity index (χ1) is 11.7. The van der Waals surface area contributed by atoms with Crippen molar-refractivity contribution in [3.8, 4) is 0 Å². The Morgan fingerprint density at radius 3 is 2.79 bits per heavy atom. The first-order valence-electron chi connectivity index (χ1n) is 9.50. The largest absolute Gasteiger partial charge is 0.382 e. The lowest BCUT2D eigenvalue weighted by atomic mass is 9.97. The summed E-state index contributed by atoms with van der Waals surface area (Å²) in [4.78, 5) is 7.36. The Hall–Kier alpha value is -0.850. The molecule has 1 atom stereocenters. The highest BCUT2D eigenvalue weighted by Crippen LogP contribution is 2.18. The van der Waals surface area contributed by atoms with Crippen LogP contribution in [0.5, 0.6) is 0 Å². The maximum atomic E-state index is 5.47. The van der Waals surface area contributed by atoms with Crippen LogP contribution in [0.4, 0.5) is 0 Å². The zero-order valence-electron chi connectivity index (χ0n) is 16.1. The fraction of sp³-hybridized carbons (Fsp3) is 0.944. The van der Waals surface area contributed by atoms with E-state index in [1.165, 1.54) is 25.9 Å². The highest BCUT2D eigenvalue weighted by Gasteiger charge is 2.21. The summed E-state index contributed by atoms with van der Waals surface area (Å²) in [5.41, 5.74) is 0. The molecule has 0 spiro atoms. The first-order valence-corrected chi connectivity index (χ1v) is 9.50. The van der Waals surface area contributed by atoms with Crippen LogP contribution in [-0.2, 0) is 9.47 Å². The van der Waals surface area contributed by atoms with Crippen LogP contribution >= 0.6 is 0 Å².